The number of pyridine rings is 1. The number of hydrogen-bond acceptors (Lipinski definition) is 4. The quantitative estimate of drug-likeness (QED) is 0.847. The van der Waals surface area contributed by atoms with Crippen molar-refractivity contribution in [2.45, 2.75) is 31.8 Å². The highest BCUT2D eigenvalue weighted by molar-refractivity contribution is 7.16. The number of nitrogens with zero attached hydrogens (tertiary/aromatic N) is 1. The number of hydrogen-bond donors (Lipinski definition) is 2. The third kappa shape index (κ3) is 1.81. The van der Waals surface area contributed by atoms with E-state index in [1.165, 1.54) is 23.3 Å². The monoisotopic (exact) mass is 285 g/mol. The third-order valence-corrected chi connectivity index (χ3v) is 5.19. The van der Waals surface area contributed by atoms with E-state index >= 15 is 0 Å². The zero-order valence-corrected chi connectivity index (χ0v) is 11.8. The second-order valence-electron chi connectivity index (χ2n) is 5.25. The summed E-state index contributed by atoms with van der Waals surface area (Å²) in [4.78, 5) is 17.9. The Morgan fingerprint density at radius 1 is 1.25 bits per heavy atom. The Morgan fingerprint density at radius 2 is 2.15 bits per heavy atom. The van der Waals surface area contributed by atoms with Crippen LogP contribution in [0.4, 0.5) is 5.00 Å². The number of aryl methyl sites for hydroxylation is 1. The molecule has 0 bridgehead atoms. The third-order valence-electron chi connectivity index (χ3n) is 3.97. The smallest absolute Gasteiger partial charge is 0.256 e. The molecule has 3 heterocycles. The van der Waals surface area contributed by atoms with Gasteiger partial charge in [0.05, 0.1) is 5.56 Å². The van der Waals surface area contributed by atoms with Crippen molar-refractivity contribution in [1.82, 2.24) is 10.3 Å². The molecule has 0 unspecified atom stereocenters. The maximum atomic E-state index is 12.4. The van der Waals surface area contributed by atoms with Gasteiger partial charge in [-0.1, -0.05) is 6.07 Å². The van der Waals surface area contributed by atoms with Gasteiger partial charge in [0.2, 0.25) is 0 Å². The van der Waals surface area contributed by atoms with Crippen molar-refractivity contribution in [3.05, 3.63) is 46.1 Å². The van der Waals surface area contributed by atoms with Crippen molar-refractivity contribution in [1.29, 1.82) is 0 Å². The summed E-state index contributed by atoms with van der Waals surface area (Å²) in [5.41, 5.74) is 3.13. The van der Waals surface area contributed by atoms with Crippen LogP contribution in [0.25, 0.3) is 0 Å². The number of thiophene rings is 1. The summed E-state index contributed by atoms with van der Waals surface area (Å²) in [5, 5.41) is 7.51. The molecule has 0 spiro atoms. The van der Waals surface area contributed by atoms with Gasteiger partial charge in [0.15, 0.2) is 0 Å². The Hall–Kier alpha value is -1.88. The first-order valence-corrected chi connectivity index (χ1v) is 7.76. The zero-order valence-electron chi connectivity index (χ0n) is 11.0. The number of rotatable bonds is 1. The topological polar surface area (TPSA) is 54.0 Å². The molecular weight excluding hydrogens is 270 g/mol. The summed E-state index contributed by atoms with van der Waals surface area (Å²) in [6.45, 7) is 0. The lowest BCUT2D eigenvalue weighted by Gasteiger charge is -2.26. The number of aromatic nitrogens is 1. The van der Waals surface area contributed by atoms with Gasteiger partial charge in [-0.2, -0.15) is 0 Å². The van der Waals surface area contributed by atoms with Gasteiger partial charge in [-0.3, -0.25) is 9.78 Å². The number of nitrogens with one attached hydrogen (secondary N) is 2. The van der Waals surface area contributed by atoms with E-state index in [1.807, 2.05) is 12.1 Å². The molecule has 0 fully saturated rings. The lowest BCUT2D eigenvalue weighted by atomic mass is 9.94. The Kier molecular flexibility index (Phi) is 2.73. The molecule has 0 aromatic carbocycles. The van der Waals surface area contributed by atoms with Crippen LogP contribution in [0, 0.1) is 0 Å². The molecule has 102 valence electrons. The first-order chi connectivity index (χ1) is 9.83. The molecule has 5 heteroatoms. The van der Waals surface area contributed by atoms with Gasteiger partial charge >= 0.3 is 0 Å². The molecule has 0 saturated carbocycles. The molecule has 1 atom stereocenters. The summed E-state index contributed by atoms with van der Waals surface area (Å²) in [6.07, 6.45) is 7.92. The zero-order chi connectivity index (χ0) is 13.5. The number of fused-ring (bicyclic) bond motifs is 3. The van der Waals surface area contributed by atoms with E-state index in [9.17, 15) is 4.79 Å². The molecule has 4 nitrogen and oxygen atoms in total. The molecule has 2 aromatic heterocycles. The van der Waals surface area contributed by atoms with Crippen molar-refractivity contribution >= 4 is 22.2 Å². The molecule has 0 radical (unpaired) electrons. The molecule has 1 aliphatic carbocycles. The normalized spacial score (nSPS) is 20.6. The second kappa shape index (κ2) is 4.59. The van der Waals surface area contributed by atoms with E-state index < -0.39 is 0 Å². The highest BCUT2D eigenvalue weighted by atomic mass is 32.1. The van der Waals surface area contributed by atoms with E-state index in [4.69, 9.17) is 0 Å². The van der Waals surface area contributed by atoms with Crippen LogP contribution >= 0.6 is 11.3 Å². The molecule has 0 saturated heterocycles. The van der Waals surface area contributed by atoms with Crippen LogP contribution in [-0.2, 0) is 12.8 Å². The summed E-state index contributed by atoms with van der Waals surface area (Å²) in [5.74, 6) is 0.0482. The maximum Gasteiger partial charge on any atom is 0.256 e. The Balaban J connectivity index is 1.73. The molecular formula is C15H15N3OS. The summed E-state index contributed by atoms with van der Waals surface area (Å²) in [7, 11) is 0. The van der Waals surface area contributed by atoms with Gasteiger partial charge in [0.25, 0.3) is 5.91 Å². The van der Waals surface area contributed by atoms with Crippen LogP contribution < -0.4 is 10.6 Å². The van der Waals surface area contributed by atoms with E-state index in [2.05, 4.69) is 15.6 Å². The Morgan fingerprint density at radius 3 is 3.00 bits per heavy atom. The molecule has 2 aliphatic rings. The molecule has 2 aromatic rings. The maximum absolute atomic E-state index is 12.4. The van der Waals surface area contributed by atoms with Gasteiger partial charge in [-0.05, 0) is 37.3 Å². The SMILES string of the molecule is O=C1N[C@@H](c2cccnc2)Nc2sc3c(c21)CCCC3. The fraction of sp³-hybridized carbons (Fsp3) is 0.333. The van der Waals surface area contributed by atoms with E-state index in [1.54, 1.807) is 23.7 Å². The van der Waals surface area contributed by atoms with Crippen LogP contribution in [-0.4, -0.2) is 10.9 Å². The number of carbonyl (C=O) groups is 1. The van der Waals surface area contributed by atoms with Gasteiger partial charge in [-0.25, -0.2) is 0 Å². The first-order valence-electron chi connectivity index (χ1n) is 6.95. The highest BCUT2D eigenvalue weighted by Gasteiger charge is 2.31. The van der Waals surface area contributed by atoms with E-state index in [0.717, 1.165) is 29.0 Å². The average Bonchev–Trinajstić information content (AvgIpc) is 2.87. The predicted molar refractivity (Wildman–Crippen MR) is 79.0 cm³/mol. The predicted octanol–water partition coefficient (Wildman–Crippen LogP) is 2.88. The van der Waals surface area contributed by atoms with Crippen LogP contribution in [0.15, 0.2) is 24.5 Å². The molecule has 1 amide bonds. The van der Waals surface area contributed by atoms with Crippen LogP contribution in [0.2, 0.25) is 0 Å². The van der Waals surface area contributed by atoms with Crippen LogP contribution in [0.1, 0.15) is 45.4 Å². The minimum atomic E-state index is -0.177. The number of anilines is 1. The number of carbonyl (C=O) groups excluding carboxylic acids is 1. The fourth-order valence-electron chi connectivity index (χ4n) is 2.99. The Bertz CT molecular complexity index is 665. The summed E-state index contributed by atoms with van der Waals surface area (Å²) < 4.78 is 0. The van der Waals surface area contributed by atoms with Crippen molar-refractivity contribution in [2.75, 3.05) is 5.32 Å². The van der Waals surface area contributed by atoms with Gasteiger partial charge in [0.1, 0.15) is 11.2 Å². The standard InChI is InChI=1S/C15H15N3OS/c19-14-12-10-5-1-2-6-11(10)20-15(12)18-13(17-14)9-4-3-7-16-8-9/h3-4,7-8,13,18H,1-2,5-6H2,(H,17,19)/t13-/m1/s1. The largest absolute Gasteiger partial charge is 0.353 e. The molecule has 1 aliphatic heterocycles. The molecule has 4 rings (SSSR count). The molecule has 20 heavy (non-hydrogen) atoms. The summed E-state index contributed by atoms with van der Waals surface area (Å²) >= 11 is 1.75. The van der Waals surface area contributed by atoms with Gasteiger partial charge in [0, 0.05) is 22.8 Å². The van der Waals surface area contributed by atoms with E-state index in [-0.39, 0.29) is 12.1 Å². The van der Waals surface area contributed by atoms with Crippen molar-refractivity contribution < 1.29 is 4.79 Å². The fourth-order valence-corrected chi connectivity index (χ4v) is 4.31. The summed E-state index contributed by atoms with van der Waals surface area (Å²) in [6, 6.07) is 3.86. The Labute approximate surface area is 121 Å². The highest BCUT2D eigenvalue weighted by Crippen LogP contribution is 2.41. The number of amides is 1. The minimum absolute atomic E-state index is 0.0482. The van der Waals surface area contributed by atoms with Crippen LogP contribution in [0.3, 0.4) is 0 Å². The van der Waals surface area contributed by atoms with E-state index in [0.29, 0.717) is 0 Å². The average molecular weight is 285 g/mol. The van der Waals surface area contributed by atoms with Crippen molar-refractivity contribution in [3.8, 4) is 0 Å². The van der Waals surface area contributed by atoms with Gasteiger partial charge in [-0.15, -0.1) is 11.3 Å². The van der Waals surface area contributed by atoms with Crippen molar-refractivity contribution in [2.24, 2.45) is 0 Å². The van der Waals surface area contributed by atoms with Gasteiger partial charge < -0.3 is 10.6 Å². The lowest BCUT2D eigenvalue weighted by molar-refractivity contribution is 0.0935. The minimum Gasteiger partial charge on any atom is -0.353 e. The first kappa shape index (κ1) is 11.9. The lowest BCUT2D eigenvalue weighted by Crippen LogP contribution is -2.38. The molecule has 2 N–H and O–H groups in total. The second-order valence-corrected chi connectivity index (χ2v) is 6.36. The van der Waals surface area contributed by atoms with Crippen LogP contribution in [0.5, 0.6) is 0 Å². The van der Waals surface area contributed by atoms with Crippen molar-refractivity contribution in [3.63, 3.8) is 0 Å².